The van der Waals surface area contributed by atoms with Crippen molar-refractivity contribution in [3.05, 3.63) is 102 Å². The smallest absolute Gasteiger partial charge is 0.410 e. The fourth-order valence-corrected chi connectivity index (χ4v) is 7.65. The highest BCUT2D eigenvalue weighted by atomic mass is 33.1. The van der Waals surface area contributed by atoms with Crippen LogP contribution in [0, 0.1) is 0 Å². The highest BCUT2D eigenvalue weighted by Crippen LogP contribution is 2.26. The number of amides is 3. The van der Waals surface area contributed by atoms with E-state index < -0.39 is 24.1 Å². The lowest BCUT2D eigenvalue weighted by atomic mass is 9.99. The van der Waals surface area contributed by atoms with Crippen LogP contribution in [0.1, 0.15) is 48.8 Å². The second-order valence-electron chi connectivity index (χ2n) is 11.2. The number of rotatable bonds is 8. The molecule has 0 bridgehead atoms. The van der Waals surface area contributed by atoms with Crippen LogP contribution in [0.2, 0.25) is 0 Å². The molecule has 0 aliphatic carbocycles. The normalized spacial score (nSPS) is 18.0. The topological polar surface area (TPSA) is 113 Å². The Labute approximate surface area is 274 Å². The van der Waals surface area contributed by atoms with Gasteiger partial charge in [-0.2, -0.15) is 0 Å². The van der Waals surface area contributed by atoms with Crippen molar-refractivity contribution in [2.45, 2.75) is 63.6 Å². The average Bonchev–Trinajstić information content (AvgIpc) is 3.06. The molecule has 240 valence electrons. The van der Waals surface area contributed by atoms with Gasteiger partial charge in [0.1, 0.15) is 24.4 Å². The molecular weight excluding hydrogens is 607 g/mol. The van der Waals surface area contributed by atoms with Crippen LogP contribution < -0.4 is 5.73 Å². The molecule has 1 aliphatic rings. The van der Waals surface area contributed by atoms with E-state index in [1.807, 2.05) is 82.3 Å². The van der Waals surface area contributed by atoms with Gasteiger partial charge in [0, 0.05) is 37.4 Å². The first-order chi connectivity index (χ1) is 21.9. The van der Waals surface area contributed by atoms with Gasteiger partial charge in [0.25, 0.3) is 0 Å². The fourth-order valence-electron chi connectivity index (χ4n) is 5.36. The molecule has 1 heterocycles. The lowest BCUT2D eigenvalue weighted by Gasteiger charge is -2.37. The minimum Gasteiger partial charge on any atom is -0.508 e. The minimum absolute atomic E-state index is 0.0881. The van der Waals surface area contributed by atoms with Gasteiger partial charge in [0.05, 0.1) is 0 Å². The Kier molecular flexibility index (Phi) is 14.0. The fraction of sp³-hybridized carbons (Fsp3) is 0.400. The number of carbonyl (C=O) groups is 3. The third-order valence-electron chi connectivity index (χ3n) is 7.81. The predicted molar refractivity (Wildman–Crippen MR) is 182 cm³/mol. The maximum atomic E-state index is 14.8. The van der Waals surface area contributed by atoms with E-state index in [-0.39, 0.29) is 31.1 Å². The Morgan fingerprint density at radius 2 is 1.40 bits per heavy atom. The number of aromatic hydroxyl groups is 1. The van der Waals surface area contributed by atoms with Crippen molar-refractivity contribution in [1.82, 2.24) is 9.80 Å². The van der Waals surface area contributed by atoms with Crippen molar-refractivity contribution in [1.29, 1.82) is 0 Å². The summed E-state index contributed by atoms with van der Waals surface area (Å²) in [4.78, 5) is 44.8. The van der Waals surface area contributed by atoms with Crippen molar-refractivity contribution in [3.63, 3.8) is 0 Å². The molecule has 1 saturated heterocycles. The van der Waals surface area contributed by atoms with E-state index in [2.05, 4.69) is 0 Å². The first-order valence-electron chi connectivity index (χ1n) is 15.6. The largest absolute Gasteiger partial charge is 0.508 e. The Bertz CT molecular complexity index is 1340. The molecule has 0 spiro atoms. The number of ether oxygens (including phenoxy) is 1. The van der Waals surface area contributed by atoms with Crippen molar-refractivity contribution in [2.75, 3.05) is 24.6 Å². The maximum Gasteiger partial charge on any atom is 0.410 e. The van der Waals surface area contributed by atoms with Gasteiger partial charge in [-0.05, 0) is 54.5 Å². The lowest BCUT2D eigenvalue weighted by molar-refractivity contribution is -0.143. The Balaban J connectivity index is 1.70. The van der Waals surface area contributed by atoms with Gasteiger partial charge in [-0.25, -0.2) is 4.79 Å². The average molecular weight is 650 g/mol. The van der Waals surface area contributed by atoms with Crippen LogP contribution in [0.25, 0.3) is 0 Å². The third-order valence-corrected chi connectivity index (χ3v) is 10.4. The number of phenols is 1. The highest BCUT2D eigenvalue weighted by molar-refractivity contribution is 8.76. The number of primary amides is 1. The summed E-state index contributed by atoms with van der Waals surface area (Å²) < 4.78 is 5.82. The summed E-state index contributed by atoms with van der Waals surface area (Å²) in [6.45, 7) is 0.764. The molecule has 3 amide bonds. The molecule has 0 unspecified atom stereocenters. The van der Waals surface area contributed by atoms with Crippen LogP contribution in [-0.2, 0) is 33.8 Å². The van der Waals surface area contributed by atoms with Gasteiger partial charge in [0.2, 0.25) is 11.8 Å². The molecule has 0 aromatic heterocycles. The van der Waals surface area contributed by atoms with Crippen molar-refractivity contribution >= 4 is 39.5 Å². The van der Waals surface area contributed by atoms with Crippen LogP contribution in [0.5, 0.6) is 5.75 Å². The summed E-state index contributed by atoms with van der Waals surface area (Å²) in [5.41, 5.74) is 8.52. The number of nitrogens with two attached hydrogens (primary N) is 1. The summed E-state index contributed by atoms with van der Waals surface area (Å²) in [6, 6.07) is 23.8. The van der Waals surface area contributed by atoms with Gasteiger partial charge in [-0.1, -0.05) is 101 Å². The van der Waals surface area contributed by atoms with Crippen LogP contribution >= 0.6 is 21.6 Å². The summed E-state index contributed by atoms with van der Waals surface area (Å²) >= 11 is 0. The molecular formula is C35H43N3O5S2. The van der Waals surface area contributed by atoms with E-state index in [4.69, 9.17) is 10.5 Å². The van der Waals surface area contributed by atoms with E-state index >= 15 is 0 Å². The molecule has 1 aliphatic heterocycles. The zero-order valence-corrected chi connectivity index (χ0v) is 27.2. The second kappa shape index (κ2) is 18.4. The van der Waals surface area contributed by atoms with Crippen LogP contribution in [-0.4, -0.2) is 69.5 Å². The number of phenolic OH excluding ortho intramolecular Hbond substituents is 1. The molecule has 2 atom stereocenters. The molecule has 3 aromatic carbocycles. The number of hydrogen-bond acceptors (Lipinski definition) is 7. The number of hydrogen-bond donors (Lipinski definition) is 2. The van der Waals surface area contributed by atoms with Crippen molar-refractivity contribution < 1.29 is 24.2 Å². The number of nitrogens with zero attached hydrogens (tertiary/aromatic N) is 2. The van der Waals surface area contributed by atoms with Crippen molar-refractivity contribution in [3.8, 4) is 5.75 Å². The minimum atomic E-state index is -0.930. The summed E-state index contributed by atoms with van der Waals surface area (Å²) in [5, 5.41) is 9.79. The molecule has 0 radical (unpaired) electrons. The summed E-state index contributed by atoms with van der Waals surface area (Å²) in [6.07, 6.45) is 4.12. The SMILES string of the molecule is NC(=O)[C@H](Cc1ccc(O)cc1)N1CCCCSSCCCCCN(C(=O)OCc2ccccc2)[C@H](Cc2ccccc2)C1=O. The van der Waals surface area contributed by atoms with Gasteiger partial charge in [-0.3, -0.25) is 14.5 Å². The van der Waals surface area contributed by atoms with E-state index in [0.29, 0.717) is 19.5 Å². The van der Waals surface area contributed by atoms with E-state index in [9.17, 15) is 19.5 Å². The van der Waals surface area contributed by atoms with Gasteiger partial charge in [-0.15, -0.1) is 0 Å². The first kappa shape index (κ1) is 34.2. The van der Waals surface area contributed by atoms with Gasteiger partial charge >= 0.3 is 6.09 Å². The summed E-state index contributed by atoms with van der Waals surface area (Å²) in [5.74, 6) is 1.14. The standard InChI is InChI=1S/C35H43N3O5S2/c36-33(40)31(24-28-16-18-30(39)19-17-28)37-20-9-11-23-45-44-22-10-3-8-21-38(35(42)43-26-29-14-6-2-7-15-29)32(34(37)41)25-27-12-4-1-5-13-27/h1-2,4-7,12-19,31-32,39H,3,8-11,20-26H2,(H2,36,40)/t31-,32+/m0/s1. The monoisotopic (exact) mass is 649 g/mol. The lowest BCUT2D eigenvalue weighted by Crippen LogP contribution is -2.58. The quantitative estimate of drug-likeness (QED) is 0.279. The Morgan fingerprint density at radius 1 is 0.800 bits per heavy atom. The van der Waals surface area contributed by atoms with Gasteiger partial charge in [0.15, 0.2) is 0 Å². The zero-order valence-electron chi connectivity index (χ0n) is 25.6. The molecule has 1 fully saturated rings. The molecule has 10 heteroatoms. The van der Waals surface area contributed by atoms with E-state index in [1.54, 1.807) is 34.1 Å². The van der Waals surface area contributed by atoms with Crippen LogP contribution in [0.3, 0.4) is 0 Å². The number of benzene rings is 3. The summed E-state index contributed by atoms with van der Waals surface area (Å²) in [7, 11) is 3.68. The van der Waals surface area contributed by atoms with E-state index in [0.717, 1.165) is 53.9 Å². The Hall–Kier alpha value is -3.63. The second-order valence-corrected chi connectivity index (χ2v) is 13.9. The van der Waals surface area contributed by atoms with Crippen LogP contribution in [0.4, 0.5) is 4.79 Å². The molecule has 45 heavy (non-hydrogen) atoms. The Morgan fingerprint density at radius 3 is 2.04 bits per heavy atom. The molecule has 0 saturated carbocycles. The molecule has 3 N–H and O–H groups in total. The van der Waals surface area contributed by atoms with Gasteiger partial charge < -0.3 is 20.5 Å². The van der Waals surface area contributed by atoms with E-state index in [1.165, 1.54) is 0 Å². The van der Waals surface area contributed by atoms with Crippen molar-refractivity contribution in [2.24, 2.45) is 5.73 Å². The number of carbonyl (C=O) groups excluding carboxylic acids is 3. The predicted octanol–water partition coefficient (Wildman–Crippen LogP) is 6.21. The van der Waals surface area contributed by atoms with Crippen LogP contribution in [0.15, 0.2) is 84.9 Å². The maximum absolute atomic E-state index is 14.8. The highest BCUT2D eigenvalue weighted by Gasteiger charge is 2.38. The first-order valence-corrected chi connectivity index (χ1v) is 18.0. The molecule has 8 nitrogen and oxygen atoms in total. The molecule has 4 rings (SSSR count). The third kappa shape index (κ3) is 11.0. The molecule has 3 aromatic rings. The zero-order chi connectivity index (χ0) is 31.9.